The molecule has 2 N–H and O–H groups in total. The average molecular weight is 401 g/mol. The molecule has 0 aliphatic rings. The third kappa shape index (κ3) is 4.75. The van der Waals surface area contributed by atoms with E-state index in [4.69, 9.17) is 0 Å². The maximum Gasteiger partial charge on any atom is 0.261 e. The zero-order valence-corrected chi connectivity index (χ0v) is 16.4. The van der Waals surface area contributed by atoms with E-state index in [2.05, 4.69) is 10.0 Å². The second kappa shape index (κ2) is 8.37. The van der Waals surface area contributed by atoms with Gasteiger partial charge in [0.15, 0.2) is 0 Å². The predicted octanol–water partition coefficient (Wildman–Crippen LogP) is 4.43. The Balaban J connectivity index is 1.69. The molecule has 3 rings (SSSR count). The summed E-state index contributed by atoms with van der Waals surface area (Å²) in [7, 11) is -3.65. The number of carbonyl (C=O) groups excluding carboxylic acids is 1. The molecule has 0 saturated heterocycles. The zero-order chi connectivity index (χ0) is 19.3. The maximum absolute atomic E-state index is 12.5. The minimum Gasteiger partial charge on any atom is -0.344 e. The van der Waals surface area contributed by atoms with Crippen LogP contribution in [0, 0.1) is 0 Å². The zero-order valence-electron chi connectivity index (χ0n) is 14.8. The maximum atomic E-state index is 12.5. The highest BCUT2D eigenvalue weighted by molar-refractivity contribution is 7.92. The predicted molar refractivity (Wildman–Crippen MR) is 109 cm³/mol. The van der Waals surface area contributed by atoms with Gasteiger partial charge in [-0.1, -0.05) is 31.2 Å². The molecular weight excluding hydrogens is 380 g/mol. The lowest BCUT2D eigenvalue weighted by Gasteiger charge is -2.15. The van der Waals surface area contributed by atoms with E-state index in [0.29, 0.717) is 11.3 Å². The van der Waals surface area contributed by atoms with Crippen molar-refractivity contribution < 1.29 is 13.2 Å². The van der Waals surface area contributed by atoms with E-state index in [0.717, 1.165) is 11.3 Å². The molecule has 5 nitrogen and oxygen atoms in total. The first-order valence-corrected chi connectivity index (χ1v) is 10.9. The van der Waals surface area contributed by atoms with Crippen LogP contribution in [0.15, 0.2) is 77.0 Å². The molecule has 1 aromatic heterocycles. The Morgan fingerprint density at radius 3 is 2.30 bits per heavy atom. The van der Waals surface area contributed by atoms with Crippen LogP contribution in [0.2, 0.25) is 0 Å². The highest BCUT2D eigenvalue weighted by Gasteiger charge is 2.16. The summed E-state index contributed by atoms with van der Waals surface area (Å²) in [4.78, 5) is 13.8. The second-order valence-electron chi connectivity index (χ2n) is 5.95. The Morgan fingerprint density at radius 2 is 1.70 bits per heavy atom. The number of hydrogen-bond acceptors (Lipinski definition) is 4. The summed E-state index contributed by atoms with van der Waals surface area (Å²) in [5, 5.41) is 5.00. The van der Waals surface area contributed by atoms with Gasteiger partial charge < -0.3 is 5.32 Å². The van der Waals surface area contributed by atoms with Crippen LogP contribution in [-0.4, -0.2) is 14.3 Å². The fourth-order valence-corrected chi connectivity index (χ4v) is 4.55. The van der Waals surface area contributed by atoms with E-state index in [1.165, 1.54) is 12.1 Å². The van der Waals surface area contributed by atoms with Crippen LogP contribution >= 0.6 is 11.3 Å². The highest BCUT2D eigenvalue weighted by atomic mass is 32.2. The number of benzene rings is 2. The Bertz CT molecular complexity index is 983. The van der Waals surface area contributed by atoms with E-state index in [1.807, 2.05) is 24.4 Å². The van der Waals surface area contributed by atoms with Gasteiger partial charge in [0.25, 0.3) is 15.9 Å². The lowest BCUT2D eigenvalue weighted by atomic mass is 10.1. The van der Waals surface area contributed by atoms with Crippen molar-refractivity contribution in [2.45, 2.75) is 24.3 Å². The largest absolute Gasteiger partial charge is 0.344 e. The van der Waals surface area contributed by atoms with E-state index >= 15 is 0 Å². The fraction of sp³-hybridized carbons (Fsp3) is 0.150. The van der Waals surface area contributed by atoms with Gasteiger partial charge in [0.2, 0.25) is 0 Å². The van der Waals surface area contributed by atoms with Crippen LogP contribution in [0.4, 0.5) is 5.69 Å². The summed E-state index contributed by atoms with van der Waals surface area (Å²) < 4.78 is 27.2. The molecule has 3 aromatic rings. The van der Waals surface area contributed by atoms with Gasteiger partial charge in [-0.05, 0) is 54.3 Å². The number of hydrogen-bond donors (Lipinski definition) is 2. The van der Waals surface area contributed by atoms with Gasteiger partial charge in [0.05, 0.1) is 10.9 Å². The van der Waals surface area contributed by atoms with Gasteiger partial charge in [-0.15, -0.1) is 11.3 Å². The van der Waals surface area contributed by atoms with Crippen LogP contribution in [0.1, 0.15) is 34.6 Å². The number of carbonyl (C=O) groups is 1. The van der Waals surface area contributed by atoms with E-state index in [1.54, 1.807) is 53.8 Å². The number of amides is 1. The van der Waals surface area contributed by atoms with Crippen LogP contribution in [0.5, 0.6) is 0 Å². The van der Waals surface area contributed by atoms with Crippen LogP contribution in [-0.2, 0) is 10.0 Å². The van der Waals surface area contributed by atoms with Gasteiger partial charge >= 0.3 is 0 Å². The molecule has 0 aliphatic heterocycles. The molecule has 0 bridgehead atoms. The molecule has 1 unspecified atom stereocenters. The Morgan fingerprint density at radius 1 is 1.00 bits per heavy atom. The second-order valence-corrected chi connectivity index (χ2v) is 8.61. The average Bonchev–Trinajstić information content (AvgIpc) is 3.21. The minimum absolute atomic E-state index is 0.0336. The molecule has 7 heteroatoms. The van der Waals surface area contributed by atoms with Crippen molar-refractivity contribution in [2.75, 3.05) is 4.72 Å². The molecule has 1 amide bonds. The van der Waals surface area contributed by atoms with Crippen molar-refractivity contribution >= 4 is 33.0 Å². The smallest absolute Gasteiger partial charge is 0.261 e. The molecule has 1 heterocycles. The molecule has 140 valence electrons. The monoisotopic (exact) mass is 400 g/mol. The molecule has 2 aromatic carbocycles. The molecular formula is C20H20N2O3S2. The highest BCUT2D eigenvalue weighted by Crippen LogP contribution is 2.22. The number of thiophene rings is 1. The van der Waals surface area contributed by atoms with Gasteiger partial charge in [0.1, 0.15) is 0 Å². The molecule has 0 saturated carbocycles. The van der Waals surface area contributed by atoms with Gasteiger partial charge in [0, 0.05) is 16.1 Å². The molecule has 0 radical (unpaired) electrons. The third-order valence-corrected chi connectivity index (χ3v) is 6.44. The van der Waals surface area contributed by atoms with Crippen LogP contribution in [0.3, 0.4) is 0 Å². The van der Waals surface area contributed by atoms with E-state index in [9.17, 15) is 13.2 Å². The topological polar surface area (TPSA) is 75.3 Å². The first kappa shape index (κ1) is 19.1. The summed E-state index contributed by atoms with van der Waals surface area (Å²) in [5.41, 5.74) is 0.883. The minimum atomic E-state index is -3.65. The number of sulfonamides is 1. The fourth-order valence-electron chi connectivity index (χ4n) is 2.61. The van der Waals surface area contributed by atoms with Crippen molar-refractivity contribution in [1.29, 1.82) is 0 Å². The molecule has 0 aliphatic carbocycles. The van der Waals surface area contributed by atoms with Gasteiger partial charge in [-0.3, -0.25) is 9.52 Å². The summed E-state index contributed by atoms with van der Waals surface area (Å²) in [6, 6.07) is 18.5. The Kier molecular flexibility index (Phi) is 5.93. The van der Waals surface area contributed by atoms with Crippen molar-refractivity contribution in [3.05, 3.63) is 82.6 Å². The Hall–Kier alpha value is -2.64. The van der Waals surface area contributed by atoms with E-state index in [-0.39, 0.29) is 16.8 Å². The number of anilines is 1. The standard InChI is InChI=1S/C20H20N2O3S2/c1-2-18(19-9-6-14-26-19)21-20(23)15-10-12-16(13-11-15)22-27(24,25)17-7-4-3-5-8-17/h3-14,18,22H,2H2,1H3,(H,21,23). The summed E-state index contributed by atoms with van der Waals surface area (Å²) >= 11 is 1.61. The third-order valence-electron chi connectivity index (χ3n) is 4.05. The van der Waals surface area contributed by atoms with Crippen molar-refractivity contribution in [3.63, 3.8) is 0 Å². The van der Waals surface area contributed by atoms with Crippen molar-refractivity contribution in [3.8, 4) is 0 Å². The Labute approximate surface area is 163 Å². The quantitative estimate of drug-likeness (QED) is 0.616. The number of nitrogens with one attached hydrogen (secondary N) is 2. The van der Waals surface area contributed by atoms with Crippen molar-refractivity contribution in [1.82, 2.24) is 5.32 Å². The first-order valence-electron chi connectivity index (χ1n) is 8.52. The molecule has 1 atom stereocenters. The lowest BCUT2D eigenvalue weighted by Crippen LogP contribution is -2.27. The van der Waals surface area contributed by atoms with Crippen molar-refractivity contribution in [2.24, 2.45) is 0 Å². The summed E-state index contributed by atoms with van der Waals surface area (Å²) in [5.74, 6) is -0.187. The van der Waals surface area contributed by atoms with Gasteiger partial charge in [-0.25, -0.2) is 8.42 Å². The summed E-state index contributed by atoms with van der Waals surface area (Å²) in [6.45, 7) is 2.02. The van der Waals surface area contributed by atoms with Crippen LogP contribution < -0.4 is 10.0 Å². The molecule has 0 fully saturated rings. The molecule has 27 heavy (non-hydrogen) atoms. The summed E-state index contributed by atoms with van der Waals surface area (Å²) in [6.07, 6.45) is 0.793. The van der Waals surface area contributed by atoms with E-state index < -0.39 is 10.0 Å². The lowest BCUT2D eigenvalue weighted by molar-refractivity contribution is 0.0936. The number of rotatable bonds is 7. The van der Waals surface area contributed by atoms with Gasteiger partial charge in [-0.2, -0.15) is 0 Å². The molecule has 0 spiro atoms. The SMILES string of the molecule is CCC(NC(=O)c1ccc(NS(=O)(=O)c2ccccc2)cc1)c1cccs1. The van der Waals surface area contributed by atoms with Crippen LogP contribution in [0.25, 0.3) is 0 Å². The normalized spacial score (nSPS) is 12.3. The first-order chi connectivity index (χ1) is 13.0.